The molecule has 14 nitrogen and oxygen atoms in total. The van der Waals surface area contributed by atoms with E-state index in [-0.39, 0.29) is 59.2 Å². The van der Waals surface area contributed by atoms with E-state index in [1.54, 1.807) is 16.4 Å². The highest BCUT2D eigenvalue weighted by Gasteiger charge is 2.31. The largest absolute Gasteiger partial charge is 0.493 e. The normalized spacial score (nSPS) is 13.8. The van der Waals surface area contributed by atoms with E-state index in [4.69, 9.17) is 26.1 Å². The quantitative estimate of drug-likeness (QED) is 0.138. The first kappa shape index (κ1) is 39.7. The number of nitrogens with zero attached hydrogens (tertiary/aromatic N) is 8. The molecule has 8 rings (SSSR count). The van der Waals surface area contributed by atoms with Gasteiger partial charge in [-0.15, -0.1) is 5.10 Å². The van der Waals surface area contributed by atoms with Crippen LogP contribution in [0.4, 0.5) is 20.2 Å². The zero-order valence-corrected chi connectivity index (χ0v) is 33.6. The van der Waals surface area contributed by atoms with Gasteiger partial charge >= 0.3 is 0 Å². The maximum atomic E-state index is 14.5. The van der Waals surface area contributed by atoms with Crippen LogP contribution in [0.3, 0.4) is 0 Å². The monoisotopic (exact) mass is 841 g/mol. The minimum atomic E-state index is -2.63. The number of nitrogens with one attached hydrogen (secondary N) is 1. The van der Waals surface area contributed by atoms with Gasteiger partial charge in [0.05, 0.1) is 28.7 Å². The van der Waals surface area contributed by atoms with Crippen LogP contribution in [0.25, 0.3) is 17.2 Å². The van der Waals surface area contributed by atoms with Gasteiger partial charge in [-0.3, -0.25) is 14.4 Å². The molecule has 2 aliphatic rings. The number of piperazine rings is 1. The van der Waals surface area contributed by atoms with Gasteiger partial charge in [0.2, 0.25) is 11.7 Å². The average Bonchev–Trinajstić information content (AvgIpc) is 3.90. The van der Waals surface area contributed by atoms with Gasteiger partial charge in [0, 0.05) is 43.1 Å². The van der Waals surface area contributed by atoms with E-state index in [9.17, 15) is 23.2 Å². The van der Waals surface area contributed by atoms with Crippen molar-refractivity contribution in [1.82, 2.24) is 34.0 Å². The number of aromatic nitrogens is 6. The van der Waals surface area contributed by atoms with Crippen molar-refractivity contribution in [2.24, 2.45) is 0 Å². The fourth-order valence-corrected chi connectivity index (χ4v) is 8.11. The summed E-state index contributed by atoms with van der Waals surface area (Å²) in [5.41, 5.74) is 3.99. The zero-order valence-electron chi connectivity index (χ0n) is 32.0. The maximum absolute atomic E-state index is 14.5. The Morgan fingerprint density at radius 3 is 2.58 bits per heavy atom. The minimum Gasteiger partial charge on any atom is -0.493 e. The van der Waals surface area contributed by atoms with Crippen LogP contribution in [0.5, 0.6) is 11.5 Å². The fraction of sp³-hybridized carbons (Fsp3) is 0.293. The number of amides is 2. The molecule has 18 heteroatoms. The molecule has 0 atom stereocenters. The Morgan fingerprint density at radius 1 is 1.03 bits per heavy atom. The van der Waals surface area contributed by atoms with Crippen molar-refractivity contribution in [2.45, 2.75) is 50.5 Å². The van der Waals surface area contributed by atoms with Crippen LogP contribution in [0.2, 0.25) is 5.02 Å². The second-order valence-electron chi connectivity index (χ2n) is 13.9. The minimum absolute atomic E-state index is 0.0928. The van der Waals surface area contributed by atoms with Crippen LogP contribution >= 0.6 is 23.4 Å². The van der Waals surface area contributed by atoms with E-state index in [0.717, 1.165) is 23.3 Å². The van der Waals surface area contributed by atoms with Crippen LogP contribution in [0, 0.1) is 6.92 Å². The second-order valence-corrected chi connectivity index (χ2v) is 15.3. The number of halogens is 3. The van der Waals surface area contributed by atoms with Crippen molar-refractivity contribution in [1.29, 1.82) is 0 Å². The Labute approximate surface area is 346 Å². The topological polar surface area (TPSA) is 149 Å². The maximum Gasteiger partial charge on any atom is 0.299 e. The molecule has 1 N–H and O–H groups in total. The first-order valence-corrected chi connectivity index (χ1v) is 20.2. The molecule has 0 unspecified atom stereocenters. The molecule has 5 heterocycles. The summed E-state index contributed by atoms with van der Waals surface area (Å²) < 4.78 is 40.6. The Balaban J connectivity index is 1.10. The number of thioether (sulfide) groups is 1. The summed E-state index contributed by atoms with van der Waals surface area (Å²) in [6.07, 6.45) is 2.41. The van der Waals surface area contributed by atoms with Gasteiger partial charge in [-0.25, -0.2) is 9.97 Å². The van der Waals surface area contributed by atoms with Crippen molar-refractivity contribution in [3.05, 3.63) is 117 Å². The zero-order chi connectivity index (χ0) is 41.2. The number of ether oxygens (including phenoxy) is 2. The van der Waals surface area contributed by atoms with E-state index in [1.165, 1.54) is 29.0 Å². The van der Waals surface area contributed by atoms with Gasteiger partial charge in [0.1, 0.15) is 30.9 Å². The van der Waals surface area contributed by atoms with Crippen LogP contribution < -0.4 is 25.2 Å². The van der Waals surface area contributed by atoms with Crippen molar-refractivity contribution in [3.63, 3.8) is 0 Å². The first-order valence-electron chi connectivity index (χ1n) is 18.9. The summed E-state index contributed by atoms with van der Waals surface area (Å²) in [5.74, 6) is -1.90. The smallest absolute Gasteiger partial charge is 0.299 e. The third kappa shape index (κ3) is 8.29. The van der Waals surface area contributed by atoms with Crippen molar-refractivity contribution < 1.29 is 27.8 Å². The van der Waals surface area contributed by atoms with Gasteiger partial charge in [0.15, 0.2) is 17.3 Å². The highest BCUT2D eigenvalue weighted by Crippen LogP contribution is 2.33. The van der Waals surface area contributed by atoms with Gasteiger partial charge in [-0.05, 0) is 60.9 Å². The number of fused-ring (bicyclic) bond motifs is 2. The van der Waals surface area contributed by atoms with E-state index < -0.39 is 17.2 Å². The van der Waals surface area contributed by atoms with E-state index in [0.29, 0.717) is 72.1 Å². The molecular formula is C41H38ClF2N9O5S. The second kappa shape index (κ2) is 17.0. The number of hydrogen-bond acceptors (Lipinski definition) is 11. The molecule has 0 radical (unpaired) electrons. The van der Waals surface area contributed by atoms with Crippen LogP contribution in [-0.4, -0.2) is 84.4 Å². The fourth-order valence-electron chi connectivity index (χ4n) is 7.28. The average molecular weight is 842 g/mol. The molecule has 0 saturated carbocycles. The third-order valence-corrected chi connectivity index (χ3v) is 11.2. The molecule has 3 aromatic carbocycles. The van der Waals surface area contributed by atoms with Gasteiger partial charge in [-0.1, -0.05) is 60.6 Å². The molecule has 1 fully saturated rings. The van der Waals surface area contributed by atoms with Crippen LogP contribution in [-0.2, 0) is 30.8 Å². The van der Waals surface area contributed by atoms with Gasteiger partial charge in [0.25, 0.3) is 17.2 Å². The van der Waals surface area contributed by atoms with Gasteiger partial charge < -0.3 is 29.2 Å². The van der Waals surface area contributed by atoms with Crippen molar-refractivity contribution in [3.8, 4) is 22.9 Å². The van der Waals surface area contributed by atoms with Crippen molar-refractivity contribution >= 4 is 52.3 Å². The van der Waals surface area contributed by atoms with Crippen molar-refractivity contribution in [2.75, 3.05) is 43.0 Å². The highest BCUT2D eigenvalue weighted by atomic mass is 35.5. The lowest BCUT2D eigenvalue weighted by atomic mass is 10.1. The lowest BCUT2D eigenvalue weighted by Crippen LogP contribution is -2.51. The molecule has 1 saturated heterocycles. The van der Waals surface area contributed by atoms with Gasteiger partial charge in [-0.2, -0.15) is 18.3 Å². The SMILES string of the molecule is CCc1c(N2CCN(C(=O)c3ncnc(C)c3OCc3ccccc3)CC2)c(=O)n2nc(-c3ccc4c(c3)CCO4)nc2n1CC(=O)Nc1ccc(SC(F)F)cc1Cl. The number of rotatable bonds is 12. The number of benzene rings is 3. The predicted octanol–water partition coefficient (Wildman–Crippen LogP) is 6.30. The van der Waals surface area contributed by atoms with Crippen LogP contribution in [0.15, 0.2) is 82.7 Å². The lowest BCUT2D eigenvalue weighted by molar-refractivity contribution is -0.116. The highest BCUT2D eigenvalue weighted by molar-refractivity contribution is 7.99. The first-order chi connectivity index (χ1) is 28.6. The molecule has 6 aromatic rings. The number of aryl methyl sites for hydroxylation is 1. The summed E-state index contributed by atoms with van der Waals surface area (Å²) >= 11 is 6.75. The Morgan fingerprint density at radius 2 is 1.83 bits per heavy atom. The number of anilines is 2. The predicted molar refractivity (Wildman–Crippen MR) is 219 cm³/mol. The van der Waals surface area contributed by atoms with Crippen LogP contribution in [0.1, 0.15) is 39.9 Å². The third-order valence-electron chi connectivity index (χ3n) is 10.1. The van der Waals surface area contributed by atoms with E-state index >= 15 is 0 Å². The van der Waals surface area contributed by atoms with E-state index in [1.807, 2.05) is 60.4 Å². The molecule has 3 aromatic heterocycles. The number of hydrogen-bond donors (Lipinski definition) is 1. The van der Waals surface area contributed by atoms with E-state index in [2.05, 4.69) is 20.4 Å². The molecule has 0 bridgehead atoms. The molecule has 59 heavy (non-hydrogen) atoms. The summed E-state index contributed by atoms with van der Waals surface area (Å²) in [6, 6.07) is 19.5. The Hall–Kier alpha value is -6.07. The molecular weight excluding hydrogens is 804 g/mol. The molecule has 0 aliphatic carbocycles. The lowest BCUT2D eigenvalue weighted by Gasteiger charge is -2.36. The summed E-state index contributed by atoms with van der Waals surface area (Å²) in [5, 5.41) is 7.55. The Bertz CT molecular complexity index is 2620. The summed E-state index contributed by atoms with van der Waals surface area (Å²) in [6.45, 7) is 5.28. The molecule has 2 amide bonds. The molecule has 0 spiro atoms. The molecule has 2 aliphatic heterocycles. The number of carbonyl (C=O) groups excluding carboxylic acids is 2. The number of alkyl halides is 2. The Kier molecular flexibility index (Phi) is 11.5. The number of carbonyl (C=O) groups is 2. The molecule has 304 valence electrons. The standard InChI is InChI=1S/C41H38ClF2N9O5S/c1-3-31-35(50-14-16-51(17-15-50)38(55)34-36(24(2)45-23-46-34)58-22-25-7-5-4-6-8-25)39(56)53-41(48-37(49-53)27-9-12-32-26(19-27)13-18-57-32)52(31)21-33(54)47-30-11-10-28(20-29(30)42)59-40(43)44/h4-12,19-20,23,40H,3,13-18,21-22H2,1-2H3,(H,47,54). The summed E-state index contributed by atoms with van der Waals surface area (Å²) in [4.78, 5) is 59.5. The summed E-state index contributed by atoms with van der Waals surface area (Å²) in [7, 11) is 0.